The van der Waals surface area contributed by atoms with E-state index in [4.69, 9.17) is 9.84 Å². The van der Waals surface area contributed by atoms with Crippen molar-refractivity contribution in [3.63, 3.8) is 0 Å². The van der Waals surface area contributed by atoms with E-state index in [-0.39, 0.29) is 0 Å². The third-order valence-electron chi connectivity index (χ3n) is 4.37. The van der Waals surface area contributed by atoms with Crippen molar-refractivity contribution in [3.05, 3.63) is 78.2 Å². The standard InChI is InChI=1S/C21H19N5O/c1-15-5-4-11-22-20(15)14-26-12-10-19(25-26)17-7-3-6-16(13-17)18-8-9-21(27-2)24-23-18/h3-13H,14H2,1-2H3. The predicted octanol–water partition coefficient (Wildman–Crippen LogP) is 3.77. The Kier molecular flexibility index (Phi) is 4.61. The molecule has 4 aromatic rings. The van der Waals surface area contributed by atoms with Crippen LogP contribution in [-0.4, -0.2) is 32.1 Å². The van der Waals surface area contributed by atoms with Crippen molar-refractivity contribution in [1.82, 2.24) is 25.0 Å². The summed E-state index contributed by atoms with van der Waals surface area (Å²) in [7, 11) is 1.58. The molecule has 0 amide bonds. The maximum absolute atomic E-state index is 5.07. The van der Waals surface area contributed by atoms with Gasteiger partial charge in [0.1, 0.15) is 0 Å². The predicted molar refractivity (Wildman–Crippen MR) is 103 cm³/mol. The van der Waals surface area contributed by atoms with E-state index < -0.39 is 0 Å². The van der Waals surface area contributed by atoms with Crippen LogP contribution in [0.5, 0.6) is 5.88 Å². The Morgan fingerprint density at radius 1 is 0.926 bits per heavy atom. The second-order valence-electron chi connectivity index (χ2n) is 6.21. The largest absolute Gasteiger partial charge is 0.480 e. The Labute approximate surface area is 157 Å². The van der Waals surface area contributed by atoms with E-state index in [1.807, 2.05) is 53.5 Å². The maximum Gasteiger partial charge on any atom is 0.233 e. The SMILES string of the molecule is COc1ccc(-c2cccc(-c3ccn(Cc4ncccc4C)n3)c2)nn1. The van der Waals surface area contributed by atoms with E-state index in [9.17, 15) is 0 Å². The molecule has 0 atom stereocenters. The van der Waals surface area contributed by atoms with Gasteiger partial charge in [-0.2, -0.15) is 5.10 Å². The highest BCUT2D eigenvalue weighted by Gasteiger charge is 2.08. The average molecular weight is 357 g/mol. The third-order valence-corrected chi connectivity index (χ3v) is 4.37. The van der Waals surface area contributed by atoms with Crippen LogP contribution >= 0.6 is 0 Å². The number of nitrogens with zero attached hydrogens (tertiary/aromatic N) is 5. The normalized spacial score (nSPS) is 10.7. The zero-order valence-electron chi connectivity index (χ0n) is 15.2. The van der Waals surface area contributed by atoms with Crippen molar-refractivity contribution in [3.8, 4) is 28.4 Å². The van der Waals surface area contributed by atoms with Gasteiger partial charge in [-0.25, -0.2) is 0 Å². The highest BCUT2D eigenvalue weighted by molar-refractivity contribution is 5.69. The van der Waals surface area contributed by atoms with Crippen LogP contribution in [0.15, 0.2) is 67.0 Å². The minimum atomic E-state index is 0.499. The van der Waals surface area contributed by atoms with Gasteiger partial charge in [0, 0.05) is 29.6 Å². The van der Waals surface area contributed by atoms with E-state index in [2.05, 4.69) is 34.2 Å². The number of hydrogen-bond donors (Lipinski definition) is 0. The van der Waals surface area contributed by atoms with Gasteiger partial charge in [-0.05, 0) is 36.8 Å². The lowest BCUT2D eigenvalue weighted by Crippen LogP contribution is -2.04. The Hall–Kier alpha value is -3.54. The van der Waals surface area contributed by atoms with Gasteiger partial charge in [0.25, 0.3) is 0 Å². The molecule has 3 aromatic heterocycles. The van der Waals surface area contributed by atoms with Gasteiger partial charge >= 0.3 is 0 Å². The Bertz CT molecular complexity index is 1060. The molecule has 0 spiro atoms. The van der Waals surface area contributed by atoms with Crippen LogP contribution in [0, 0.1) is 6.92 Å². The summed E-state index contributed by atoms with van der Waals surface area (Å²) in [6.07, 6.45) is 3.79. The van der Waals surface area contributed by atoms with Gasteiger partial charge in [0.15, 0.2) is 0 Å². The number of pyridine rings is 1. The first kappa shape index (κ1) is 16.9. The number of aryl methyl sites for hydroxylation is 1. The molecule has 0 fully saturated rings. The topological polar surface area (TPSA) is 65.7 Å². The molecule has 0 N–H and O–H groups in total. The van der Waals surface area contributed by atoms with E-state index in [0.29, 0.717) is 12.4 Å². The van der Waals surface area contributed by atoms with Crippen LogP contribution in [0.1, 0.15) is 11.3 Å². The average Bonchev–Trinajstić information content (AvgIpc) is 3.19. The second kappa shape index (κ2) is 7.37. The molecule has 3 heterocycles. The van der Waals surface area contributed by atoms with E-state index in [0.717, 1.165) is 33.8 Å². The molecule has 6 heteroatoms. The fraction of sp³-hybridized carbons (Fsp3) is 0.143. The molecule has 27 heavy (non-hydrogen) atoms. The molecule has 0 aliphatic rings. The lowest BCUT2D eigenvalue weighted by atomic mass is 10.1. The molecule has 134 valence electrons. The number of ether oxygens (including phenoxy) is 1. The Morgan fingerprint density at radius 2 is 1.78 bits per heavy atom. The third kappa shape index (κ3) is 3.69. The summed E-state index contributed by atoms with van der Waals surface area (Å²) < 4.78 is 6.97. The lowest BCUT2D eigenvalue weighted by Gasteiger charge is -2.05. The van der Waals surface area contributed by atoms with Gasteiger partial charge in [-0.3, -0.25) is 9.67 Å². The first-order chi connectivity index (χ1) is 13.2. The molecule has 0 bridgehead atoms. The monoisotopic (exact) mass is 357 g/mol. The number of methoxy groups -OCH3 is 1. The van der Waals surface area contributed by atoms with Crippen LogP contribution in [0.25, 0.3) is 22.5 Å². The molecule has 0 saturated heterocycles. The molecule has 0 unspecified atom stereocenters. The number of rotatable bonds is 5. The molecular weight excluding hydrogens is 338 g/mol. The first-order valence-corrected chi connectivity index (χ1v) is 8.65. The summed E-state index contributed by atoms with van der Waals surface area (Å²) in [4.78, 5) is 4.44. The van der Waals surface area contributed by atoms with Crippen molar-refractivity contribution in [2.45, 2.75) is 13.5 Å². The first-order valence-electron chi connectivity index (χ1n) is 8.65. The summed E-state index contributed by atoms with van der Waals surface area (Å²) in [5.41, 5.74) is 5.90. The van der Waals surface area contributed by atoms with Crippen molar-refractivity contribution in [2.75, 3.05) is 7.11 Å². The molecule has 1 aromatic carbocycles. The van der Waals surface area contributed by atoms with Gasteiger partial charge in [0.2, 0.25) is 5.88 Å². The molecule has 0 saturated carbocycles. The number of benzene rings is 1. The minimum absolute atomic E-state index is 0.499. The number of hydrogen-bond acceptors (Lipinski definition) is 5. The van der Waals surface area contributed by atoms with Gasteiger partial charge in [-0.15, -0.1) is 10.2 Å². The molecule has 0 aliphatic carbocycles. The smallest absolute Gasteiger partial charge is 0.233 e. The van der Waals surface area contributed by atoms with Crippen molar-refractivity contribution >= 4 is 0 Å². The summed E-state index contributed by atoms with van der Waals surface area (Å²) in [6.45, 7) is 2.71. The van der Waals surface area contributed by atoms with Gasteiger partial charge in [0.05, 0.1) is 30.7 Å². The minimum Gasteiger partial charge on any atom is -0.480 e. The van der Waals surface area contributed by atoms with E-state index in [1.165, 1.54) is 0 Å². The highest BCUT2D eigenvalue weighted by atomic mass is 16.5. The summed E-state index contributed by atoms with van der Waals surface area (Å²) >= 11 is 0. The van der Waals surface area contributed by atoms with Crippen LogP contribution in [0.4, 0.5) is 0 Å². The quantitative estimate of drug-likeness (QED) is 0.544. The van der Waals surface area contributed by atoms with Crippen LogP contribution < -0.4 is 4.74 Å². The Morgan fingerprint density at radius 3 is 2.52 bits per heavy atom. The highest BCUT2D eigenvalue weighted by Crippen LogP contribution is 2.24. The van der Waals surface area contributed by atoms with Crippen LogP contribution in [0.3, 0.4) is 0 Å². The number of aromatic nitrogens is 5. The van der Waals surface area contributed by atoms with Gasteiger partial charge in [-0.1, -0.05) is 24.3 Å². The van der Waals surface area contributed by atoms with E-state index in [1.54, 1.807) is 13.2 Å². The molecular formula is C21H19N5O. The van der Waals surface area contributed by atoms with Crippen molar-refractivity contribution < 1.29 is 4.74 Å². The molecule has 4 rings (SSSR count). The molecule has 0 radical (unpaired) electrons. The maximum atomic E-state index is 5.07. The zero-order chi connectivity index (χ0) is 18.6. The molecule has 0 aliphatic heterocycles. The van der Waals surface area contributed by atoms with Gasteiger partial charge < -0.3 is 4.74 Å². The molecule has 6 nitrogen and oxygen atoms in total. The van der Waals surface area contributed by atoms with Crippen LogP contribution in [0.2, 0.25) is 0 Å². The summed E-state index contributed by atoms with van der Waals surface area (Å²) in [5, 5.41) is 13.0. The summed E-state index contributed by atoms with van der Waals surface area (Å²) in [5.74, 6) is 0.499. The van der Waals surface area contributed by atoms with Crippen LogP contribution in [-0.2, 0) is 6.54 Å². The van der Waals surface area contributed by atoms with Crippen molar-refractivity contribution in [2.24, 2.45) is 0 Å². The fourth-order valence-electron chi connectivity index (χ4n) is 2.86. The van der Waals surface area contributed by atoms with Crippen molar-refractivity contribution in [1.29, 1.82) is 0 Å². The van der Waals surface area contributed by atoms with E-state index >= 15 is 0 Å². The zero-order valence-corrected chi connectivity index (χ0v) is 15.2. The summed E-state index contributed by atoms with van der Waals surface area (Å²) in [6, 6.07) is 17.8. The second-order valence-corrected chi connectivity index (χ2v) is 6.21. The lowest BCUT2D eigenvalue weighted by molar-refractivity contribution is 0.392. The Balaban J connectivity index is 1.59. The fourth-order valence-corrected chi connectivity index (χ4v) is 2.86.